The minimum Gasteiger partial charge on any atom is -0.342 e. The molecular formula is C14H24N2O2S. The average molecular weight is 284 g/mol. The molecule has 3 unspecified atom stereocenters. The molecule has 5 heteroatoms. The standard InChI is InChI=1S/C14H24N2O2S/c1-4-11-13(17)15-12(10-5-6-10)14(18)16(11)8-7-9(2)19-3/h9-12H,4-8H2,1-3H3,(H,15,17). The van der Waals surface area contributed by atoms with Crippen LogP contribution in [0.1, 0.15) is 39.5 Å². The zero-order valence-corrected chi connectivity index (χ0v) is 12.8. The molecule has 2 aliphatic rings. The van der Waals surface area contributed by atoms with Gasteiger partial charge in [0.1, 0.15) is 12.1 Å². The molecular weight excluding hydrogens is 260 g/mol. The fourth-order valence-corrected chi connectivity index (χ4v) is 2.99. The van der Waals surface area contributed by atoms with Crippen LogP contribution >= 0.6 is 11.8 Å². The van der Waals surface area contributed by atoms with Crippen LogP contribution in [0.5, 0.6) is 0 Å². The number of nitrogens with zero attached hydrogens (tertiary/aromatic N) is 1. The van der Waals surface area contributed by atoms with Crippen molar-refractivity contribution < 1.29 is 9.59 Å². The Hall–Kier alpha value is -0.710. The molecule has 108 valence electrons. The van der Waals surface area contributed by atoms with E-state index < -0.39 is 0 Å². The summed E-state index contributed by atoms with van der Waals surface area (Å²) in [4.78, 5) is 26.5. The molecule has 19 heavy (non-hydrogen) atoms. The third-order valence-corrected chi connectivity index (χ3v) is 5.23. The summed E-state index contributed by atoms with van der Waals surface area (Å²) in [6.45, 7) is 4.84. The second-order valence-corrected chi connectivity index (χ2v) is 6.89. The highest BCUT2D eigenvalue weighted by atomic mass is 32.2. The molecule has 0 aromatic heterocycles. The fraction of sp³-hybridized carbons (Fsp3) is 0.857. The second kappa shape index (κ2) is 6.16. The molecule has 1 saturated heterocycles. The highest BCUT2D eigenvalue weighted by Crippen LogP contribution is 2.35. The Kier molecular flexibility index (Phi) is 4.76. The first-order valence-electron chi connectivity index (χ1n) is 7.22. The molecule has 1 aliphatic carbocycles. The minimum atomic E-state index is -0.267. The molecule has 0 radical (unpaired) electrons. The molecule has 2 amide bonds. The normalized spacial score (nSPS) is 29.3. The van der Waals surface area contributed by atoms with Gasteiger partial charge >= 0.3 is 0 Å². The van der Waals surface area contributed by atoms with E-state index in [0.717, 1.165) is 19.3 Å². The Morgan fingerprint density at radius 2 is 2.11 bits per heavy atom. The topological polar surface area (TPSA) is 49.4 Å². The van der Waals surface area contributed by atoms with Gasteiger partial charge in [-0.05, 0) is 37.9 Å². The van der Waals surface area contributed by atoms with Gasteiger partial charge in [0.05, 0.1) is 0 Å². The van der Waals surface area contributed by atoms with Crippen LogP contribution in [0.2, 0.25) is 0 Å². The zero-order chi connectivity index (χ0) is 14.0. The van der Waals surface area contributed by atoms with Crippen LogP contribution in [0.4, 0.5) is 0 Å². The number of piperazine rings is 1. The average Bonchev–Trinajstić information content (AvgIpc) is 3.22. The number of rotatable bonds is 6. The first-order chi connectivity index (χ1) is 9.08. The molecule has 0 spiro atoms. The van der Waals surface area contributed by atoms with Gasteiger partial charge in [0.25, 0.3) is 0 Å². The maximum atomic E-state index is 12.5. The number of carbonyl (C=O) groups excluding carboxylic acids is 2. The van der Waals surface area contributed by atoms with Crippen LogP contribution < -0.4 is 5.32 Å². The predicted molar refractivity (Wildman–Crippen MR) is 78.0 cm³/mol. The highest BCUT2D eigenvalue weighted by Gasteiger charge is 2.46. The molecule has 0 aromatic rings. The van der Waals surface area contributed by atoms with E-state index in [1.54, 1.807) is 11.8 Å². The maximum absolute atomic E-state index is 12.5. The summed E-state index contributed by atoms with van der Waals surface area (Å²) in [6.07, 6.45) is 5.88. The van der Waals surface area contributed by atoms with Crippen molar-refractivity contribution in [1.29, 1.82) is 0 Å². The lowest BCUT2D eigenvalue weighted by Crippen LogP contribution is -2.64. The van der Waals surface area contributed by atoms with Gasteiger partial charge in [-0.2, -0.15) is 11.8 Å². The van der Waals surface area contributed by atoms with E-state index in [1.165, 1.54) is 0 Å². The summed E-state index contributed by atoms with van der Waals surface area (Å²) in [7, 11) is 0. The van der Waals surface area contributed by atoms with Gasteiger partial charge in [0.15, 0.2) is 0 Å². The van der Waals surface area contributed by atoms with Crippen molar-refractivity contribution in [2.45, 2.75) is 56.9 Å². The molecule has 2 rings (SSSR count). The Bertz CT molecular complexity index is 357. The second-order valence-electron chi connectivity index (χ2n) is 5.61. The molecule has 1 heterocycles. The lowest BCUT2D eigenvalue weighted by Gasteiger charge is -2.39. The van der Waals surface area contributed by atoms with Crippen molar-refractivity contribution in [2.24, 2.45) is 5.92 Å². The minimum absolute atomic E-state index is 0.0378. The van der Waals surface area contributed by atoms with Gasteiger partial charge in [-0.15, -0.1) is 0 Å². The highest BCUT2D eigenvalue weighted by molar-refractivity contribution is 7.99. The molecule has 1 N–H and O–H groups in total. The van der Waals surface area contributed by atoms with E-state index >= 15 is 0 Å². The van der Waals surface area contributed by atoms with Crippen molar-refractivity contribution in [2.75, 3.05) is 12.8 Å². The van der Waals surface area contributed by atoms with E-state index in [2.05, 4.69) is 18.5 Å². The van der Waals surface area contributed by atoms with Crippen molar-refractivity contribution in [3.05, 3.63) is 0 Å². The molecule has 4 nitrogen and oxygen atoms in total. The fourth-order valence-electron chi connectivity index (χ4n) is 2.64. The molecule has 0 aromatic carbocycles. The Morgan fingerprint density at radius 1 is 1.42 bits per heavy atom. The summed E-state index contributed by atoms with van der Waals surface area (Å²) in [5.74, 6) is 0.563. The Morgan fingerprint density at radius 3 is 2.63 bits per heavy atom. The van der Waals surface area contributed by atoms with E-state index in [9.17, 15) is 9.59 Å². The molecule has 3 atom stereocenters. The molecule has 0 bridgehead atoms. The van der Waals surface area contributed by atoms with E-state index in [-0.39, 0.29) is 23.9 Å². The van der Waals surface area contributed by atoms with Gasteiger partial charge in [-0.1, -0.05) is 13.8 Å². The number of nitrogens with one attached hydrogen (secondary N) is 1. The lowest BCUT2D eigenvalue weighted by molar-refractivity contribution is -0.150. The largest absolute Gasteiger partial charge is 0.342 e. The Balaban J connectivity index is 2.05. The molecule has 1 saturated carbocycles. The number of hydrogen-bond donors (Lipinski definition) is 1. The predicted octanol–water partition coefficient (Wildman–Crippen LogP) is 1.64. The summed E-state index contributed by atoms with van der Waals surface area (Å²) >= 11 is 1.81. The van der Waals surface area contributed by atoms with E-state index in [4.69, 9.17) is 0 Å². The number of thioether (sulfide) groups is 1. The first kappa shape index (κ1) is 14.7. The van der Waals surface area contributed by atoms with Gasteiger partial charge in [0.2, 0.25) is 11.8 Å². The molecule has 2 fully saturated rings. The van der Waals surface area contributed by atoms with Crippen LogP contribution in [-0.2, 0) is 9.59 Å². The summed E-state index contributed by atoms with van der Waals surface area (Å²) < 4.78 is 0. The van der Waals surface area contributed by atoms with E-state index in [0.29, 0.717) is 24.1 Å². The van der Waals surface area contributed by atoms with Gasteiger partial charge < -0.3 is 10.2 Å². The third kappa shape index (κ3) is 3.25. The monoisotopic (exact) mass is 284 g/mol. The molecule has 1 aliphatic heterocycles. The quantitative estimate of drug-likeness (QED) is 0.807. The lowest BCUT2D eigenvalue weighted by atomic mass is 10.0. The van der Waals surface area contributed by atoms with Crippen LogP contribution in [0.3, 0.4) is 0 Å². The maximum Gasteiger partial charge on any atom is 0.246 e. The summed E-state index contributed by atoms with van der Waals surface area (Å²) in [5, 5.41) is 3.45. The zero-order valence-electron chi connectivity index (χ0n) is 12.0. The van der Waals surface area contributed by atoms with Gasteiger partial charge in [-0.25, -0.2) is 0 Å². The third-order valence-electron chi connectivity index (χ3n) is 4.18. The SMILES string of the molecule is CCC1C(=O)NC(C2CC2)C(=O)N1CCC(C)SC. The number of hydrogen-bond acceptors (Lipinski definition) is 3. The Labute approximate surface area is 119 Å². The van der Waals surface area contributed by atoms with Gasteiger partial charge in [0, 0.05) is 11.8 Å². The van der Waals surface area contributed by atoms with Crippen molar-refractivity contribution in [3.63, 3.8) is 0 Å². The van der Waals surface area contributed by atoms with Crippen LogP contribution in [0.25, 0.3) is 0 Å². The van der Waals surface area contributed by atoms with Crippen molar-refractivity contribution in [1.82, 2.24) is 10.2 Å². The smallest absolute Gasteiger partial charge is 0.246 e. The van der Waals surface area contributed by atoms with Crippen LogP contribution in [-0.4, -0.2) is 46.8 Å². The number of amides is 2. The first-order valence-corrected chi connectivity index (χ1v) is 8.50. The van der Waals surface area contributed by atoms with Crippen LogP contribution in [0.15, 0.2) is 0 Å². The van der Waals surface area contributed by atoms with Crippen molar-refractivity contribution >= 4 is 23.6 Å². The summed E-state index contributed by atoms with van der Waals surface area (Å²) in [6, 6.07) is -0.517. The number of carbonyl (C=O) groups is 2. The van der Waals surface area contributed by atoms with Crippen LogP contribution in [0, 0.1) is 5.92 Å². The summed E-state index contributed by atoms with van der Waals surface area (Å²) in [5.41, 5.74) is 0. The van der Waals surface area contributed by atoms with Gasteiger partial charge in [-0.3, -0.25) is 9.59 Å². The van der Waals surface area contributed by atoms with Crippen molar-refractivity contribution in [3.8, 4) is 0 Å². The van der Waals surface area contributed by atoms with E-state index in [1.807, 2.05) is 11.8 Å².